The standard InChI is InChI=1S/C15H25FN2O/c1-10(2)12(8-17)9-18-11(3)14-7-13(16)5-6-15(14)19-4/h5-7,10-12,18H,8-9,17H2,1-4H3. The number of ether oxygens (including phenoxy) is 1. The third-order valence-electron chi connectivity index (χ3n) is 3.59. The Hall–Kier alpha value is -1.13. The Kier molecular flexibility index (Phi) is 6.25. The molecular weight excluding hydrogens is 243 g/mol. The second-order valence-corrected chi connectivity index (χ2v) is 5.26. The number of nitrogens with one attached hydrogen (secondary N) is 1. The van der Waals surface area contributed by atoms with Gasteiger partial charge in [0.05, 0.1) is 7.11 Å². The van der Waals surface area contributed by atoms with E-state index in [-0.39, 0.29) is 11.9 Å². The second-order valence-electron chi connectivity index (χ2n) is 5.26. The highest BCUT2D eigenvalue weighted by Gasteiger charge is 2.16. The molecular formula is C15H25FN2O. The molecule has 0 saturated carbocycles. The molecule has 0 radical (unpaired) electrons. The molecule has 4 heteroatoms. The van der Waals surface area contributed by atoms with Crippen LogP contribution in [0.25, 0.3) is 0 Å². The Morgan fingerprint density at radius 2 is 2.00 bits per heavy atom. The first kappa shape index (κ1) is 15.9. The molecule has 0 aliphatic heterocycles. The molecule has 1 rings (SSSR count). The quantitative estimate of drug-likeness (QED) is 0.799. The average Bonchev–Trinajstić information content (AvgIpc) is 2.38. The summed E-state index contributed by atoms with van der Waals surface area (Å²) >= 11 is 0. The highest BCUT2D eigenvalue weighted by molar-refractivity contribution is 5.36. The van der Waals surface area contributed by atoms with E-state index in [0.29, 0.717) is 24.1 Å². The number of nitrogens with two attached hydrogens (primary N) is 1. The average molecular weight is 268 g/mol. The lowest BCUT2D eigenvalue weighted by molar-refractivity contribution is 0.350. The van der Waals surface area contributed by atoms with Crippen LogP contribution in [-0.2, 0) is 0 Å². The minimum atomic E-state index is -0.247. The lowest BCUT2D eigenvalue weighted by Crippen LogP contribution is -2.33. The highest BCUT2D eigenvalue weighted by atomic mass is 19.1. The molecule has 0 bridgehead atoms. The van der Waals surface area contributed by atoms with Gasteiger partial charge in [-0.2, -0.15) is 0 Å². The molecule has 1 aromatic carbocycles. The fraction of sp³-hybridized carbons (Fsp3) is 0.600. The van der Waals surface area contributed by atoms with E-state index < -0.39 is 0 Å². The van der Waals surface area contributed by atoms with Crippen LogP contribution in [0.3, 0.4) is 0 Å². The third-order valence-corrected chi connectivity index (χ3v) is 3.59. The molecule has 0 heterocycles. The topological polar surface area (TPSA) is 47.3 Å². The minimum absolute atomic E-state index is 0.0263. The maximum Gasteiger partial charge on any atom is 0.123 e. The van der Waals surface area contributed by atoms with Crippen LogP contribution in [-0.4, -0.2) is 20.2 Å². The van der Waals surface area contributed by atoms with Crippen molar-refractivity contribution in [3.05, 3.63) is 29.6 Å². The van der Waals surface area contributed by atoms with Crippen molar-refractivity contribution < 1.29 is 9.13 Å². The summed E-state index contributed by atoms with van der Waals surface area (Å²) in [6, 6.07) is 4.61. The highest BCUT2D eigenvalue weighted by Crippen LogP contribution is 2.26. The number of benzene rings is 1. The van der Waals surface area contributed by atoms with Gasteiger partial charge < -0.3 is 15.8 Å². The van der Waals surface area contributed by atoms with Crippen molar-refractivity contribution in [2.75, 3.05) is 20.2 Å². The largest absolute Gasteiger partial charge is 0.496 e. The van der Waals surface area contributed by atoms with Gasteiger partial charge in [0.2, 0.25) is 0 Å². The fourth-order valence-electron chi connectivity index (χ4n) is 2.07. The van der Waals surface area contributed by atoms with Crippen LogP contribution >= 0.6 is 0 Å². The van der Waals surface area contributed by atoms with Gasteiger partial charge in [0.1, 0.15) is 11.6 Å². The minimum Gasteiger partial charge on any atom is -0.496 e. The van der Waals surface area contributed by atoms with Crippen LogP contribution in [0.4, 0.5) is 4.39 Å². The molecule has 2 unspecified atom stereocenters. The Bertz CT molecular complexity index is 396. The molecule has 0 amide bonds. The Morgan fingerprint density at radius 3 is 2.53 bits per heavy atom. The smallest absolute Gasteiger partial charge is 0.123 e. The SMILES string of the molecule is COc1ccc(F)cc1C(C)NCC(CN)C(C)C. The van der Waals surface area contributed by atoms with Crippen molar-refractivity contribution in [2.45, 2.75) is 26.8 Å². The monoisotopic (exact) mass is 268 g/mol. The molecule has 0 fully saturated rings. The predicted octanol–water partition coefficient (Wildman–Crippen LogP) is 2.72. The van der Waals surface area contributed by atoms with E-state index >= 15 is 0 Å². The van der Waals surface area contributed by atoms with Crippen molar-refractivity contribution in [3.8, 4) is 5.75 Å². The van der Waals surface area contributed by atoms with Crippen LogP contribution in [0.15, 0.2) is 18.2 Å². The van der Waals surface area contributed by atoms with E-state index in [0.717, 1.165) is 12.1 Å². The maximum atomic E-state index is 13.3. The molecule has 1 aromatic rings. The molecule has 0 aliphatic rings. The second kappa shape index (κ2) is 7.46. The zero-order valence-electron chi connectivity index (χ0n) is 12.2. The molecule has 3 nitrogen and oxygen atoms in total. The van der Waals surface area contributed by atoms with E-state index in [1.54, 1.807) is 13.2 Å². The maximum absolute atomic E-state index is 13.3. The first-order chi connectivity index (χ1) is 8.99. The van der Waals surface area contributed by atoms with E-state index in [2.05, 4.69) is 19.2 Å². The van der Waals surface area contributed by atoms with Crippen molar-refractivity contribution in [1.82, 2.24) is 5.32 Å². The molecule has 0 aliphatic carbocycles. The Labute approximate surface area is 115 Å². The number of hydrogen-bond acceptors (Lipinski definition) is 3. The van der Waals surface area contributed by atoms with E-state index in [1.807, 2.05) is 6.92 Å². The van der Waals surface area contributed by atoms with Gasteiger partial charge in [-0.05, 0) is 50.0 Å². The summed E-state index contributed by atoms with van der Waals surface area (Å²) in [5.74, 6) is 1.40. The molecule has 108 valence electrons. The van der Waals surface area contributed by atoms with Gasteiger partial charge in [0.15, 0.2) is 0 Å². The van der Waals surface area contributed by atoms with Crippen LogP contribution < -0.4 is 15.8 Å². The lowest BCUT2D eigenvalue weighted by atomic mass is 9.95. The van der Waals surface area contributed by atoms with Crippen LogP contribution in [0.1, 0.15) is 32.4 Å². The van der Waals surface area contributed by atoms with Crippen LogP contribution in [0, 0.1) is 17.7 Å². The lowest BCUT2D eigenvalue weighted by Gasteiger charge is -2.23. The molecule has 0 spiro atoms. The van der Waals surface area contributed by atoms with Crippen LogP contribution in [0.5, 0.6) is 5.75 Å². The fourth-order valence-corrected chi connectivity index (χ4v) is 2.07. The summed E-state index contributed by atoms with van der Waals surface area (Å²) in [5.41, 5.74) is 6.59. The van der Waals surface area contributed by atoms with Crippen molar-refractivity contribution >= 4 is 0 Å². The zero-order chi connectivity index (χ0) is 14.4. The molecule has 0 saturated heterocycles. The number of methoxy groups -OCH3 is 1. The first-order valence-electron chi connectivity index (χ1n) is 6.76. The number of halogens is 1. The Balaban J connectivity index is 2.72. The summed E-state index contributed by atoms with van der Waals surface area (Å²) in [4.78, 5) is 0. The van der Waals surface area contributed by atoms with E-state index in [1.165, 1.54) is 12.1 Å². The van der Waals surface area contributed by atoms with Gasteiger partial charge in [-0.25, -0.2) is 4.39 Å². The zero-order valence-corrected chi connectivity index (χ0v) is 12.2. The summed E-state index contributed by atoms with van der Waals surface area (Å²) in [5, 5.41) is 3.41. The van der Waals surface area contributed by atoms with E-state index in [4.69, 9.17) is 10.5 Å². The molecule has 0 aromatic heterocycles. The van der Waals surface area contributed by atoms with Crippen LogP contribution in [0.2, 0.25) is 0 Å². The van der Waals surface area contributed by atoms with Crippen molar-refractivity contribution in [3.63, 3.8) is 0 Å². The number of hydrogen-bond donors (Lipinski definition) is 2. The molecule has 3 N–H and O–H groups in total. The summed E-state index contributed by atoms with van der Waals surface area (Å²) < 4.78 is 18.6. The molecule has 19 heavy (non-hydrogen) atoms. The van der Waals surface area contributed by atoms with E-state index in [9.17, 15) is 4.39 Å². The summed E-state index contributed by atoms with van der Waals surface area (Å²) in [7, 11) is 1.60. The summed E-state index contributed by atoms with van der Waals surface area (Å²) in [6.45, 7) is 7.79. The summed E-state index contributed by atoms with van der Waals surface area (Å²) in [6.07, 6.45) is 0. The van der Waals surface area contributed by atoms with Gasteiger partial charge in [0.25, 0.3) is 0 Å². The Morgan fingerprint density at radius 1 is 1.32 bits per heavy atom. The van der Waals surface area contributed by atoms with Gasteiger partial charge in [-0.15, -0.1) is 0 Å². The van der Waals surface area contributed by atoms with Gasteiger partial charge >= 0.3 is 0 Å². The van der Waals surface area contributed by atoms with Gasteiger partial charge in [-0.1, -0.05) is 13.8 Å². The third kappa shape index (κ3) is 4.48. The van der Waals surface area contributed by atoms with Crippen molar-refractivity contribution in [2.24, 2.45) is 17.6 Å². The molecule has 2 atom stereocenters. The van der Waals surface area contributed by atoms with Gasteiger partial charge in [0, 0.05) is 11.6 Å². The predicted molar refractivity (Wildman–Crippen MR) is 76.8 cm³/mol. The first-order valence-corrected chi connectivity index (χ1v) is 6.76. The van der Waals surface area contributed by atoms with Crippen molar-refractivity contribution in [1.29, 1.82) is 0 Å². The van der Waals surface area contributed by atoms with Gasteiger partial charge in [-0.3, -0.25) is 0 Å². The number of rotatable bonds is 7. The normalized spacial score (nSPS) is 14.5.